The summed E-state index contributed by atoms with van der Waals surface area (Å²) >= 11 is 0. The molecule has 0 aromatic heterocycles. The lowest BCUT2D eigenvalue weighted by Crippen LogP contribution is -2.09. The minimum absolute atomic E-state index is 0.206. The first-order chi connectivity index (χ1) is 6.77. The molecule has 0 heterocycles. The number of ether oxygens (including phenoxy) is 1. The quantitative estimate of drug-likeness (QED) is 0.449. The van der Waals surface area contributed by atoms with E-state index in [1.165, 1.54) is 0 Å². The van der Waals surface area contributed by atoms with Crippen LogP contribution in [0.3, 0.4) is 0 Å². The van der Waals surface area contributed by atoms with E-state index in [1.807, 2.05) is 0 Å². The third-order valence-corrected chi connectivity index (χ3v) is 1.90. The minimum atomic E-state index is -0.206. The smallest absolute Gasteiger partial charge is 0.217 e. The van der Waals surface area contributed by atoms with E-state index in [1.54, 1.807) is 0 Å². The molecule has 3 heteroatoms. The average Bonchev–Trinajstić information content (AvgIpc) is 2.15. The minimum Gasteiger partial charge on any atom is -0.370 e. The Labute approximate surface area is 86.0 Å². The van der Waals surface area contributed by atoms with Crippen LogP contribution in [0.25, 0.3) is 0 Å². The second kappa shape index (κ2) is 10.1. The standard InChI is InChI=1S/C11H19NO2/c1-2-9-14-10-7-5-3-4-6-8-11(12)13/h1H,3-10H2,(H2,12,13). The fraction of sp³-hybridized carbons (Fsp3) is 0.727. The normalized spacial score (nSPS) is 9.64. The third-order valence-electron chi connectivity index (χ3n) is 1.90. The highest BCUT2D eigenvalue weighted by Crippen LogP contribution is 2.04. The van der Waals surface area contributed by atoms with E-state index in [9.17, 15) is 4.79 Å². The van der Waals surface area contributed by atoms with E-state index < -0.39 is 0 Å². The highest BCUT2D eigenvalue weighted by molar-refractivity contribution is 5.73. The van der Waals surface area contributed by atoms with Crippen molar-refractivity contribution in [2.24, 2.45) is 5.73 Å². The van der Waals surface area contributed by atoms with Crippen molar-refractivity contribution in [2.75, 3.05) is 13.2 Å². The molecule has 3 nitrogen and oxygen atoms in total. The molecule has 0 bridgehead atoms. The Kier molecular flexibility index (Phi) is 9.35. The Morgan fingerprint density at radius 1 is 1.21 bits per heavy atom. The van der Waals surface area contributed by atoms with Crippen LogP contribution in [0, 0.1) is 12.3 Å². The van der Waals surface area contributed by atoms with Gasteiger partial charge in [-0.3, -0.25) is 4.79 Å². The van der Waals surface area contributed by atoms with Crippen molar-refractivity contribution in [1.82, 2.24) is 0 Å². The molecule has 2 N–H and O–H groups in total. The molecule has 0 saturated carbocycles. The lowest BCUT2D eigenvalue weighted by atomic mass is 10.1. The van der Waals surface area contributed by atoms with Gasteiger partial charge in [0.1, 0.15) is 6.61 Å². The van der Waals surface area contributed by atoms with Crippen molar-refractivity contribution in [2.45, 2.75) is 38.5 Å². The van der Waals surface area contributed by atoms with Gasteiger partial charge in [-0.25, -0.2) is 0 Å². The number of unbranched alkanes of at least 4 members (excludes halogenated alkanes) is 4. The SMILES string of the molecule is C#CCOCCCCCCCC(N)=O. The van der Waals surface area contributed by atoms with Crippen LogP contribution in [0.15, 0.2) is 0 Å². The van der Waals surface area contributed by atoms with Crippen molar-refractivity contribution in [1.29, 1.82) is 0 Å². The van der Waals surface area contributed by atoms with Gasteiger partial charge in [-0.15, -0.1) is 6.42 Å². The number of carbonyl (C=O) groups is 1. The van der Waals surface area contributed by atoms with Crippen molar-refractivity contribution < 1.29 is 9.53 Å². The zero-order valence-electron chi connectivity index (χ0n) is 8.63. The van der Waals surface area contributed by atoms with Crippen LogP contribution in [0.4, 0.5) is 0 Å². The average molecular weight is 197 g/mol. The van der Waals surface area contributed by atoms with E-state index in [2.05, 4.69) is 5.92 Å². The number of primary amides is 1. The van der Waals surface area contributed by atoms with Gasteiger partial charge >= 0.3 is 0 Å². The molecule has 0 fully saturated rings. The van der Waals surface area contributed by atoms with Gasteiger partial charge in [0.25, 0.3) is 0 Å². The van der Waals surface area contributed by atoms with Crippen LogP contribution in [-0.4, -0.2) is 19.1 Å². The predicted molar refractivity (Wildman–Crippen MR) is 56.5 cm³/mol. The first-order valence-corrected chi connectivity index (χ1v) is 5.07. The molecule has 0 spiro atoms. The zero-order valence-corrected chi connectivity index (χ0v) is 8.63. The maximum atomic E-state index is 10.4. The van der Waals surface area contributed by atoms with E-state index in [0.717, 1.165) is 38.7 Å². The van der Waals surface area contributed by atoms with Gasteiger partial charge in [0.05, 0.1) is 0 Å². The number of hydrogen-bond acceptors (Lipinski definition) is 2. The number of carbonyl (C=O) groups excluding carboxylic acids is 1. The van der Waals surface area contributed by atoms with Gasteiger partial charge < -0.3 is 10.5 Å². The predicted octanol–water partition coefficient (Wildman–Crippen LogP) is 1.46. The maximum Gasteiger partial charge on any atom is 0.217 e. The van der Waals surface area contributed by atoms with Crippen LogP contribution in [-0.2, 0) is 9.53 Å². The highest BCUT2D eigenvalue weighted by Gasteiger charge is 1.94. The largest absolute Gasteiger partial charge is 0.370 e. The van der Waals surface area contributed by atoms with Gasteiger partial charge in [0.15, 0.2) is 0 Å². The van der Waals surface area contributed by atoms with Crippen LogP contribution in [0.1, 0.15) is 38.5 Å². The Balaban J connectivity index is 2.93. The number of nitrogens with two attached hydrogens (primary N) is 1. The second-order valence-electron chi connectivity index (χ2n) is 3.24. The summed E-state index contributed by atoms with van der Waals surface area (Å²) < 4.78 is 5.12. The van der Waals surface area contributed by atoms with Crippen molar-refractivity contribution in [3.05, 3.63) is 0 Å². The molecule has 0 saturated heterocycles. The van der Waals surface area contributed by atoms with E-state index in [-0.39, 0.29) is 5.91 Å². The molecule has 0 aromatic rings. The highest BCUT2D eigenvalue weighted by atomic mass is 16.5. The van der Waals surface area contributed by atoms with Crippen molar-refractivity contribution in [3.8, 4) is 12.3 Å². The van der Waals surface area contributed by atoms with Crippen LogP contribution in [0.2, 0.25) is 0 Å². The second-order valence-corrected chi connectivity index (χ2v) is 3.24. The molecule has 0 radical (unpaired) electrons. The molecule has 0 aliphatic heterocycles. The molecule has 0 aliphatic rings. The van der Waals surface area contributed by atoms with E-state index in [4.69, 9.17) is 16.9 Å². The summed E-state index contributed by atoms with van der Waals surface area (Å²) in [5.74, 6) is 2.21. The number of rotatable bonds is 9. The van der Waals surface area contributed by atoms with Crippen molar-refractivity contribution in [3.63, 3.8) is 0 Å². The first kappa shape index (κ1) is 13.0. The molecular formula is C11H19NO2. The van der Waals surface area contributed by atoms with E-state index in [0.29, 0.717) is 13.0 Å². The van der Waals surface area contributed by atoms with Crippen molar-refractivity contribution >= 4 is 5.91 Å². The summed E-state index contributed by atoms with van der Waals surface area (Å²) in [7, 11) is 0. The Bertz CT molecular complexity index is 184. The summed E-state index contributed by atoms with van der Waals surface area (Å²) in [4.78, 5) is 10.4. The summed E-state index contributed by atoms with van der Waals surface area (Å²) in [5, 5.41) is 0. The molecule has 14 heavy (non-hydrogen) atoms. The van der Waals surface area contributed by atoms with Gasteiger partial charge in [0, 0.05) is 13.0 Å². The molecule has 0 unspecified atom stereocenters. The lowest BCUT2D eigenvalue weighted by molar-refractivity contribution is -0.118. The fourth-order valence-corrected chi connectivity index (χ4v) is 1.16. The van der Waals surface area contributed by atoms with Crippen LogP contribution in [0.5, 0.6) is 0 Å². The monoisotopic (exact) mass is 197 g/mol. The Hall–Kier alpha value is -1.01. The molecule has 0 aliphatic carbocycles. The summed E-state index contributed by atoms with van der Waals surface area (Å²) in [6.45, 7) is 1.14. The first-order valence-electron chi connectivity index (χ1n) is 5.07. The summed E-state index contributed by atoms with van der Waals surface area (Å²) in [6.07, 6.45) is 10.8. The van der Waals surface area contributed by atoms with Gasteiger partial charge in [-0.1, -0.05) is 25.2 Å². The molecule has 0 aromatic carbocycles. The van der Waals surface area contributed by atoms with Gasteiger partial charge in [0.2, 0.25) is 5.91 Å². The topological polar surface area (TPSA) is 52.3 Å². The lowest BCUT2D eigenvalue weighted by Gasteiger charge is -2.00. The third kappa shape index (κ3) is 11.0. The van der Waals surface area contributed by atoms with E-state index >= 15 is 0 Å². The Morgan fingerprint density at radius 2 is 1.86 bits per heavy atom. The molecule has 1 amide bonds. The Morgan fingerprint density at radius 3 is 2.50 bits per heavy atom. The van der Waals surface area contributed by atoms with Gasteiger partial charge in [-0.2, -0.15) is 0 Å². The van der Waals surface area contributed by atoms with Crippen LogP contribution >= 0.6 is 0 Å². The molecule has 0 atom stereocenters. The number of amides is 1. The maximum absolute atomic E-state index is 10.4. The number of terminal acetylenes is 1. The number of hydrogen-bond donors (Lipinski definition) is 1. The summed E-state index contributed by atoms with van der Waals surface area (Å²) in [5.41, 5.74) is 5.01. The van der Waals surface area contributed by atoms with Gasteiger partial charge in [-0.05, 0) is 12.8 Å². The summed E-state index contributed by atoms with van der Waals surface area (Å²) in [6, 6.07) is 0. The van der Waals surface area contributed by atoms with Crippen LogP contribution < -0.4 is 5.73 Å². The molecular weight excluding hydrogens is 178 g/mol. The molecule has 0 rings (SSSR count). The fourth-order valence-electron chi connectivity index (χ4n) is 1.16. The molecule has 80 valence electrons. The zero-order chi connectivity index (χ0) is 10.6.